The molecule has 0 amide bonds. The lowest BCUT2D eigenvalue weighted by molar-refractivity contribution is -0.0305. The highest BCUT2D eigenvalue weighted by molar-refractivity contribution is 7.11. The maximum atomic E-state index is 5.83. The molecule has 0 saturated carbocycles. The van der Waals surface area contributed by atoms with Crippen LogP contribution in [-0.4, -0.2) is 11.6 Å². The molecule has 0 radical (unpaired) electrons. The van der Waals surface area contributed by atoms with Crippen LogP contribution in [-0.2, 0) is 11.2 Å². The molecule has 3 heteroatoms. The van der Waals surface area contributed by atoms with Crippen molar-refractivity contribution in [2.24, 2.45) is 5.41 Å². The Morgan fingerprint density at radius 3 is 2.79 bits per heavy atom. The highest BCUT2D eigenvalue weighted by Gasteiger charge is 2.33. The van der Waals surface area contributed by atoms with Crippen molar-refractivity contribution in [3.63, 3.8) is 0 Å². The van der Waals surface area contributed by atoms with Crippen LogP contribution < -0.4 is 0 Å². The van der Waals surface area contributed by atoms with E-state index in [0.717, 1.165) is 18.0 Å². The molecule has 0 N–H and O–H groups in total. The van der Waals surface area contributed by atoms with Crippen LogP contribution in [0.15, 0.2) is 0 Å². The van der Waals surface area contributed by atoms with E-state index in [4.69, 9.17) is 4.74 Å². The number of aryl methyl sites for hydroxylation is 1. The van der Waals surface area contributed by atoms with Crippen molar-refractivity contribution in [2.75, 3.05) is 6.61 Å². The van der Waals surface area contributed by atoms with Gasteiger partial charge in [0.2, 0.25) is 0 Å². The van der Waals surface area contributed by atoms with Gasteiger partial charge in [0.05, 0.1) is 17.3 Å². The summed E-state index contributed by atoms with van der Waals surface area (Å²) in [6, 6.07) is 0. The third-order valence-electron chi connectivity index (χ3n) is 2.48. The maximum absolute atomic E-state index is 5.83. The zero-order chi connectivity index (χ0) is 10.3. The molecule has 0 saturated heterocycles. The van der Waals surface area contributed by atoms with E-state index in [2.05, 4.69) is 32.7 Å². The number of fused-ring (bicyclic) bond motifs is 1. The van der Waals surface area contributed by atoms with Gasteiger partial charge in [0.15, 0.2) is 0 Å². The number of nitrogens with zero attached hydrogens (tertiary/aromatic N) is 1. The average molecular weight is 211 g/mol. The lowest BCUT2D eigenvalue weighted by Gasteiger charge is -2.32. The van der Waals surface area contributed by atoms with E-state index in [1.165, 1.54) is 10.6 Å². The van der Waals surface area contributed by atoms with E-state index in [1.807, 2.05) is 11.3 Å². The molecule has 2 nitrogen and oxygen atoms in total. The Kier molecular flexibility index (Phi) is 2.40. The molecule has 1 aliphatic rings. The molecule has 1 unspecified atom stereocenters. The van der Waals surface area contributed by atoms with Gasteiger partial charge in [-0.3, -0.25) is 0 Å². The summed E-state index contributed by atoms with van der Waals surface area (Å²) < 4.78 is 5.83. The van der Waals surface area contributed by atoms with Gasteiger partial charge < -0.3 is 4.74 Å². The highest BCUT2D eigenvalue weighted by Crippen LogP contribution is 2.41. The van der Waals surface area contributed by atoms with Gasteiger partial charge in [-0.1, -0.05) is 20.8 Å². The van der Waals surface area contributed by atoms with Gasteiger partial charge in [-0.15, -0.1) is 11.3 Å². The summed E-state index contributed by atoms with van der Waals surface area (Å²) in [5, 5.41) is 1.16. The van der Waals surface area contributed by atoms with Crippen LogP contribution in [0.2, 0.25) is 0 Å². The largest absolute Gasteiger partial charge is 0.371 e. The Balaban J connectivity index is 2.40. The lowest BCUT2D eigenvalue weighted by Crippen LogP contribution is -2.26. The standard InChI is InChI=1S/C11H17NOS/c1-7-12-9-8(14-7)5-6-13-10(9)11(2,3)4/h10H,5-6H2,1-4H3. The molecule has 0 bridgehead atoms. The van der Waals surface area contributed by atoms with Crippen molar-refractivity contribution in [2.45, 2.75) is 40.2 Å². The van der Waals surface area contributed by atoms with Gasteiger partial charge in [-0.05, 0) is 12.3 Å². The van der Waals surface area contributed by atoms with Crippen molar-refractivity contribution in [3.05, 3.63) is 15.6 Å². The molecule has 2 rings (SSSR count). The fourth-order valence-corrected chi connectivity index (χ4v) is 2.82. The predicted molar refractivity (Wildman–Crippen MR) is 58.7 cm³/mol. The summed E-state index contributed by atoms with van der Waals surface area (Å²) in [4.78, 5) is 6.02. The molecule has 1 aliphatic heterocycles. The van der Waals surface area contributed by atoms with E-state index in [-0.39, 0.29) is 11.5 Å². The highest BCUT2D eigenvalue weighted by atomic mass is 32.1. The van der Waals surface area contributed by atoms with Gasteiger partial charge in [0.25, 0.3) is 0 Å². The van der Waals surface area contributed by atoms with Crippen LogP contribution in [0.1, 0.15) is 42.5 Å². The van der Waals surface area contributed by atoms with Crippen molar-refractivity contribution < 1.29 is 4.74 Å². The molecule has 2 heterocycles. The van der Waals surface area contributed by atoms with Crippen molar-refractivity contribution in [1.29, 1.82) is 0 Å². The van der Waals surface area contributed by atoms with E-state index < -0.39 is 0 Å². The first-order chi connectivity index (χ1) is 6.48. The van der Waals surface area contributed by atoms with Crippen LogP contribution in [0, 0.1) is 12.3 Å². The van der Waals surface area contributed by atoms with Crippen LogP contribution in [0.25, 0.3) is 0 Å². The lowest BCUT2D eigenvalue weighted by atomic mass is 9.85. The summed E-state index contributed by atoms with van der Waals surface area (Å²) in [6.07, 6.45) is 1.21. The molecule has 0 fully saturated rings. The third kappa shape index (κ3) is 1.71. The molecule has 78 valence electrons. The van der Waals surface area contributed by atoms with Gasteiger partial charge in [0.1, 0.15) is 6.10 Å². The number of rotatable bonds is 0. The molecular formula is C11H17NOS. The molecular weight excluding hydrogens is 194 g/mol. The Morgan fingerprint density at radius 1 is 1.43 bits per heavy atom. The van der Waals surface area contributed by atoms with Crippen LogP contribution in [0.3, 0.4) is 0 Å². The number of ether oxygens (including phenoxy) is 1. The molecule has 0 spiro atoms. The first-order valence-electron chi connectivity index (χ1n) is 5.06. The topological polar surface area (TPSA) is 22.1 Å². The maximum Gasteiger partial charge on any atom is 0.105 e. The van der Waals surface area contributed by atoms with E-state index in [9.17, 15) is 0 Å². The first-order valence-corrected chi connectivity index (χ1v) is 5.88. The van der Waals surface area contributed by atoms with Crippen LogP contribution in [0.4, 0.5) is 0 Å². The van der Waals surface area contributed by atoms with Crippen molar-refractivity contribution in [1.82, 2.24) is 4.98 Å². The Bertz CT molecular complexity index is 338. The predicted octanol–water partition coefficient (Wildman–Crippen LogP) is 3.11. The van der Waals surface area contributed by atoms with Crippen molar-refractivity contribution in [3.8, 4) is 0 Å². The summed E-state index contributed by atoms with van der Waals surface area (Å²) in [5.41, 5.74) is 1.33. The quantitative estimate of drug-likeness (QED) is 0.658. The van der Waals surface area contributed by atoms with E-state index in [1.54, 1.807) is 0 Å². The zero-order valence-electron chi connectivity index (χ0n) is 9.26. The SMILES string of the molecule is Cc1nc2c(s1)CCOC2C(C)(C)C. The molecule has 14 heavy (non-hydrogen) atoms. The fraction of sp³-hybridized carbons (Fsp3) is 0.727. The van der Waals surface area contributed by atoms with E-state index >= 15 is 0 Å². The minimum Gasteiger partial charge on any atom is -0.371 e. The number of aromatic nitrogens is 1. The number of hydrogen-bond donors (Lipinski definition) is 0. The smallest absolute Gasteiger partial charge is 0.105 e. The second-order valence-electron chi connectivity index (χ2n) is 4.91. The minimum absolute atomic E-state index is 0.148. The third-order valence-corrected chi connectivity index (χ3v) is 3.53. The Labute approximate surface area is 89.3 Å². The van der Waals surface area contributed by atoms with Gasteiger partial charge in [-0.25, -0.2) is 4.98 Å². The summed E-state index contributed by atoms with van der Waals surface area (Å²) in [5.74, 6) is 0. The monoisotopic (exact) mass is 211 g/mol. The van der Waals surface area contributed by atoms with Gasteiger partial charge >= 0.3 is 0 Å². The van der Waals surface area contributed by atoms with Gasteiger partial charge in [-0.2, -0.15) is 0 Å². The minimum atomic E-state index is 0.148. The Hall–Kier alpha value is -0.410. The van der Waals surface area contributed by atoms with Crippen molar-refractivity contribution >= 4 is 11.3 Å². The normalized spacial score (nSPS) is 22.1. The molecule has 0 aliphatic carbocycles. The Morgan fingerprint density at radius 2 is 2.14 bits per heavy atom. The van der Waals surface area contributed by atoms with Gasteiger partial charge in [0, 0.05) is 11.3 Å². The second-order valence-corrected chi connectivity index (χ2v) is 6.20. The molecule has 1 aromatic rings. The molecule has 0 aromatic carbocycles. The number of hydrogen-bond acceptors (Lipinski definition) is 3. The summed E-state index contributed by atoms with van der Waals surface area (Å²) in [7, 11) is 0. The molecule has 1 aromatic heterocycles. The first kappa shape index (κ1) is 10.1. The average Bonchev–Trinajstić information content (AvgIpc) is 2.41. The summed E-state index contributed by atoms with van der Waals surface area (Å²) >= 11 is 1.82. The number of thiazole rings is 1. The molecule has 1 atom stereocenters. The van der Waals surface area contributed by atoms with Crippen LogP contribution in [0.5, 0.6) is 0 Å². The zero-order valence-corrected chi connectivity index (χ0v) is 10.1. The van der Waals surface area contributed by atoms with Crippen LogP contribution >= 0.6 is 11.3 Å². The second kappa shape index (κ2) is 3.31. The summed E-state index contributed by atoms with van der Waals surface area (Å²) in [6.45, 7) is 9.55. The fourth-order valence-electron chi connectivity index (χ4n) is 1.88. The van der Waals surface area contributed by atoms with E-state index in [0.29, 0.717) is 0 Å².